The molecule has 2 rings (SSSR count). The number of cyclic esters (lactones) is 1. The van der Waals surface area contributed by atoms with Gasteiger partial charge in [0.05, 0.1) is 6.42 Å². The number of carbonyl (C=O) groups excluding carboxylic acids is 3. The van der Waals surface area contributed by atoms with E-state index >= 15 is 0 Å². The van der Waals surface area contributed by atoms with Crippen LogP contribution in [0.4, 0.5) is 0 Å². The zero-order valence-corrected chi connectivity index (χ0v) is 13.6. The molecular weight excluding hydrogens is 305 g/mol. The third-order valence-electron chi connectivity index (χ3n) is 2.95. The zero-order chi connectivity index (χ0) is 14.4. The number of aliphatic carboxylic acids is 1. The Kier molecular flexibility index (Phi) is 4.87. The number of hydroxylamine groups is 2. The van der Waals surface area contributed by atoms with Gasteiger partial charge in [-0.1, -0.05) is 0 Å². The first-order valence-corrected chi connectivity index (χ1v) is 7.23. The predicted octanol–water partition coefficient (Wildman–Crippen LogP) is -6.04. The molecule has 11 heteroatoms. The second-order valence-corrected chi connectivity index (χ2v) is 6.52. The van der Waals surface area contributed by atoms with Crippen LogP contribution >= 0.6 is 0 Å². The van der Waals surface area contributed by atoms with E-state index in [0.717, 1.165) is 6.26 Å². The van der Waals surface area contributed by atoms with Gasteiger partial charge in [0.15, 0.2) is 15.1 Å². The van der Waals surface area contributed by atoms with Gasteiger partial charge in [-0.15, -0.1) is 0 Å². The molecule has 0 saturated carbocycles. The molecule has 1 unspecified atom stereocenters. The summed E-state index contributed by atoms with van der Waals surface area (Å²) < 4.78 is 27.3. The molecule has 0 aromatic carbocycles. The Bertz CT molecular complexity index is 560. The molecule has 20 heavy (non-hydrogen) atoms. The van der Waals surface area contributed by atoms with Crippen molar-refractivity contribution >= 4 is 27.7 Å². The standard InChI is InChI=1S/C9H11NO8S.Na/c1-19(15,16)5-4-17-10(7(5)12)9(8(13)14)3-2-6(11)18-9;/h5H,2-4H2,1H3,(H,13,14);/q;+1/p-1/t5-,9?;/m0./s1. The van der Waals surface area contributed by atoms with Crippen molar-refractivity contribution < 1.29 is 67.0 Å². The van der Waals surface area contributed by atoms with Crippen LogP contribution in [0.1, 0.15) is 12.8 Å². The summed E-state index contributed by atoms with van der Waals surface area (Å²) in [6.45, 7) is -0.524. The number of carboxylic acid groups (broad SMARTS) is 1. The number of sulfone groups is 1. The molecule has 0 aliphatic carbocycles. The molecular formula is C9H10NNaO8S. The number of carboxylic acids is 1. The molecule has 2 fully saturated rings. The van der Waals surface area contributed by atoms with Gasteiger partial charge in [0.1, 0.15) is 12.6 Å². The molecule has 2 saturated heterocycles. The molecule has 0 aromatic rings. The molecule has 1 amide bonds. The van der Waals surface area contributed by atoms with Crippen molar-refractivity contribution in [3.63, 3.8) is 0 Å². The molecule has 0 radical (unpaired) electrons. The van der Waals surface area contributed by atoms with Crippen LogP contribution in [0, 0.1) is 0 Å². The summed E-state index contributed by atoms with van der Waals surface area (Å²) in [6, 6.07) is 0. The number of esters is 1. The van der Waals surface area contributed by atoms with Gasteiger partial charge in [-0.2, -0.15) is 5.06 Å². The average molecular weight is 315 g/mol. The third-order valence-corrected chi connectivity index (χ3v) is 4.32. The summed E-state index contributed by atoms with van der Waals surface area (Å²) in [5, 5.41) is 9.93. The minimum atomic E-state index is -3.75. The maximum absolute atomic E-state index is 11.9. The zero-order valence-electron chi connectivity index (χ0n) is 10.8. The van der Waals surface area contributed by atoms with E-state index in [0.29, 0.717) is 5.06 Å². The molecule has 0 aromatic heterocycles. The molecule has 0 spiro atoms. The fraction of sp³-hybridized carbons (Fsp3) is 0.667. The Morgan fingerprint density at radius 3 is 2.40 bits per heavy atom. The predicted molar refractivity (Wildman–Crippen MR) is 54.5 cm³/mol. The Morgan fingerprint density at radius 2 is 2.05 bits per heavy atom. The summed E-state index contributed by atoms with van der Waals surface area (Å²) in [5.41, 5.74) is -2.38. The number of hydrogen-bond acceptors (Lipinski definition) is 8. The van der Waals surface area contributed by atoms with Crippen LogP contribution in [-0.4, -0.2) is 55.2 Å². The monoisotopic (exact) mass is 315 g/mol. The van der Waals surface area contributed by atoms with Crippen molar-refractivity contribution in [3.8, 4) is 0 Å². The largest absolute Gasteiger partial charge is 1.00 e. The van der Waals surface area contributed by atoms with E-state index in [1.807, 2.05) is 0 Å². The quantitative estimate of drug-likeness (QED) is 0.371. The topological polar surface area (TPSA) is 130 Å². The van der Waals surface area contributed by atoms with Crippen LogP contribution < -0.4 is 34.7 Å². The minimum Gasteiger partial charge on any atom is -0.544 e. The Labute approximate surface area is 136 Å². The van der Waals surface area contributed by atoms with Crippen LogP contribution in [0.25, 0.3) is 0 Å². The molecule has 0 N–H and O–H groups in total. The summed E-state index contributed by atoms with van der Waals surface area (Å²) in [4.78, 5) is 38.9. The fourth-order valence-electron chi connectivity index (χ4n) is 1.93. The smallest absolute Gasteiger partial charge is 0.544 e. The van der Waals surface area contributed by atoms with Crippen molar-refractivity contribution in [1.82, 2.24) is 5.06 Å². The number of nitrogens with zero attached hydrogens (tertiary/aromatic N) is 1. The van der Waals surface area contributed by atoms with E-state index in [4.69, 9.17) is 4.84 Å². The van der Waals surface area contributed by atoms with Gasteiger partial charge < -0.3 is 14.6 Å². The molecule has 2 aliphatic heterocycles. The van der Waals surface area contributed by atoms with E-state index in [1.54, 1.807) is 0 Å². The van der Waals surface area contributed by atoms with Crippen LogP contribution in [0.15, 0.2) is 0 Å². The fourth-order valence-corrected chi connectivity index (χ4v) is 2.70. The number of rotatable bonds is 3. The van der Waals surface area contributed by atoms with Gasteiger partial charge in [-0.05, 0) is 0 Å². The van der Waals surface area contributed by atoms with Crippen LogP contribution in [0.2, 0.25) is 0 Å². The van der Waals surface area contributed by atoms with Crippen molar-refractivity contribution in [1.29, 1.82) is 0 Å². The van der Waals surface area contributed by atoms with Crippen molar-refractivity contribution in [2.24, 2.45) is 0 Å². The Hall–Kier alpha value is -0.680. The van der Waals surface area contributed by atoms with E-state index in [-0.39, 0.29) is 42.4 Å². The van der Waals surface area contributed by atoms with E-state index in [1.165, 1.54) is 0 Å². The molecule has 106 valence electrons. The number of carbonyl (C=O) groups is 3. The number of hydrogen-bond donors (Lipinski definition) is 0. The normalized spacial score (nSPS) is 30.1. The summed E-state index contributed by atoms with van der Waals surface area (Å²) in [6.07, 6.45) is 0.246. The second-order valence-electron chi connectivity index (χ2n) is 4.29. The average Bonchev–Trinajstić information content (AvgIpc) is 2.81. The minimum absolute atomic E-state index is 0. The Morgan fingerprint density at radius 1 is 1.45 bits per heavy atom. The van der Waals surface area contributed by atoms with Crippen molar-refractivity contribution in [2.45, 2.75) is 23.8 Å². The third kappa shape index (κ3) is 2.70. The molecule has 2 aliphatic rings. The Balaban J connectivity index is 0.00000200. The number of amides is 1. The van der Waals surface area contributed by atoms with E-state index in [9.17, 15) is 27.9 Å². The molecule has 0 bridgehead atoms. The summed E-state index contributed by atoms with van der Waals surface area (Å²) in [5.74, 6) is -3.74. The first-order chi connectivity index (χ1) is 8.68. The van der Waals surface area contributed by atoms with Gasteiger partial charge in [-0.3, -0.25) is 14.4 Å². The van der Waals surface area contributed by atoms with E-state index < -0.39 is 45.3 Å². The second kappa shape index (κ2) is 5.60. The summed E-state index contributed by atoms with van der Waals surface area (Å²) in [7, 11) is -3.75. The molecule has 9 nitrogen and oxygen atoms in total. The van der Waals surface area contributed by atoms with Crippen LogP contribution in [-0.2, 0) is 33.8 Å². The first kappa shape index (κ1) is 17.4. The SMILES string of the molecule is CS(=O)(=O)[C@H]1CON(C2(C(=O)[O-])CCC(=O)O2)C1=O.[Na+]. The van der Waals surface area contributed by atoms with Gasteiger partial charge >= 0.3 is 35.5 Å². The van der Waals surface area contributed by atoms with Crippen LogP contribution in [0.3, 0.4) is 0 Å². The van der Waals surface area contributed by atoms with Gasteiger partial charge in [0.2, 0.25) is 0 Å². The van der Waals surface area contributed by atoms with E-state index in [2.05, 4.69) is 4.74 Å². The molecule has 2 atom stereocenters. The number of ether oxygens (including phenoxy) is 1. The maximum atomic E-state index is 11.9. The van der Waals surface area contributed by atoms with Crippen molar-refractivity contribution in [3.05, 3.63) is 0 Å². The van der Waals surface area contributed by atoms with Gasteiger partial charge in [0.25, 0.3) is 11.6 Å². The van der Waals surface area contributed by atoms with Crippen LogP contribution in [0.5, 0.6) is 0 Å². The maximum Gasteiger partial charge on any atom is 1.00 e. The molecule has 2 heterocycles. The van der Waals surface area contributed by atoms with Crippen molar-refractivity contribution in [2.75, 3.05) is 12.9 Å². The van der Waals surface area contributed by atoms with Gasteiger partial charge in [0, 0.05) is 12.7 Å². The first-order valence-electron chi connectivity index (χ1n) is 5.27. The summed E-state index contributed by atoms with van der Waals surface area (Å²) >= 11 is 0. The van der Waals surface area contributed by atoms with Gasteiger partial charge in [-0.25, -0.2) is 8.42 Å².